The van der Waals surface area contributed by atoms with Gasteiger partial charge in [-0.2, -0.15) is 0 Å². The zero-order chi connectivity index (χ0) is 19.9. The molecule has 2 fully saturated rings. The Hall–Kier alpha value is -1.30. The molecule has 6 unspecified atom stereocenters. The van der Waals surface area contributed by atoms with Crippen molar-refractivity contribution in [1.82, 2.24) is 5.32 Å². The number of piperidine rings is 1. The summed E-state index contributed by atoms with van der Waals surface area (Å²) >= 11 is 1.62. The number of nitrogens with one attached hydrogen (secondary N) is 1. The number of nitrogens with two attached hydrogens (primary N) is 1. The van der Waals surface area contributed by atoms with Crippen molar-refractivity contribution in [2.24, 2.45) is 17.6 Å². The second-order valence-electron chi connectivity index (χ2n) is 8.64. The van der Waals surface area contributed by atoms with Crippen LogP contribution in [0.2, 0.25) is 0 Å². The molecule has 0 bridgehead atoms. The number of hydrogen-bond donors (Lipinski definition) is 3. The molecule has 1 amide bonds. The Balaban J connectivity index is 1.67. The molecule has 0 radical (unpaired) electrons. The van der Waals surface area contributed by atoms with Crippen molar-refractivity contribution in [2.45, 2.75) is 68.3 Å². The number of allylic oxidation sites excluding steroid dienone is 1. The van der Waals surface area contributed by atoms with Gasteiger partial charge in [-0.25, -0.2) is 0 Å². The van der Waals surface area contributed by atoms with Crippen LogP contribution in [-0.2, 0) is 10.2 Å². The van der Waals surface area contributed by atoms with E-state index >= 15 is 0 Å². The van der Waals surface area contributed by atoms with Gasteiger partial charge in [0, 0.05) is 29.8 Å². The Bertz CT molecular complexity index is 735. The van der Waals surface area contributed by atoms with Crippen LogP contribution in [0.25, 0.3) is 0 Å². The fourth-order valence-electron chi connectivity index (χ4n) is 5.72. The van der Waals surface area contributed by atoms with E-state index in [9.17, 15) is 9.90 Å². The predicted molar refractivity (Wildman–Crippen MR) is 115 cm³/mol. The highest BCUT2D eigenvalue weighted by Crippen LogP contribution is 2.50. The van der Waals surface area contributed by atoms with Gasteiger partial charge < -0.3 is 16.2 Å². The van der Waals surface area contributed by atoms with Crippen molar-refractivity contribution in [3.05, 3.63) is 46.9 Å². The third kappa shape index (κ3) is 3.12. The highest BCUT2D eigenvalue weighted by Gasteiger charge is 2.51. The fourth-order valence-corrected chi connectivity index (χ4v) is 6.80. The van der Waals surface area contributed by atoms with Gasteiger partial charge in [0.2, 0.25) is 5.91 Å². The van der Waals surface area contributed by atoms with Crippen LogP contribution in [0.3, 0.4) is 0 Å². The van der Waals surface area contributed by atoms with Crippen molar-refractivity contribution >= 4 is 17.7 Å². The van der Waals surface area contributed by atoms with Crippen LogP contribution in [0, 0.1) is 11.8 Å². The molecule has 4 rings (SSSR count). The van der Waals surface area contributed by atoms with E-state index in [0.29, 0.717) is 6.54 Å². The van der Waals surface area contributed by atoms with Gasteiger partial charge in [0.15, 0.2) is 0 Å². The van der Waals surface area contributed by atoms with Gasteiger partial charge in [0.05, 0.1) is 11.4 Å². The summed E-state index contributed by atoms with van der Waals surface area (Å²) in [6, 6.07) is 8.96. The minimum absolute atomic E-state index is 0.0288. The Morgan fingerprint density at radius 1 is 1.21 bits per heavy atom. The van der Waals surface area contributed by atoms with Crippen molar-refractivity contribution < 1.29 is 9.90 Å². The second-order valence-corrected chi connectivity index (χ2v) is 9.69. The summed E-state index contributed by atoms with van der Waals surface area (Å²) in [4.78, 5) is 12.5. The van der Waals surface area contributed by atoms with Crippen molar-refractivity contribution in [3.8, 4) is 0 Å². The molecule has 2 aliphatic heterocycles. The number of aliphatic hydroxyl groups is 1. The van der Waals surface area contributed by atoms with Crippen molar-refractivity contribution in [2.75, 3.05) is 6.54 Å². The maximum atomic E-state index is 12.5. The normalized spacial score (nSPS) is 34.6. The maximum Gasteiger partial charge on any atom is 0.234 e. The zero-order valence-corrected chi connectivity index (χ0v) is 17.6. The molecule has 6 atom stereocenters. The number of rotatable bonds is 5. The number of aliphatic hydroxyl groups excluding tert-OH is 1. The molecule has 0 aromatic heterocycles. The topological polar surface area (TPSA) is 75.3 Å². The van der Waals surface area contributed by atoms with E-state index in [-0.39, 0.29) is 46.5 Å². The third-order valence-electron chi connectivity index (χ3n) is 7.63. The molecule has 5 heteroatoms. The lowest BCUT2D eigenvalue weighted by atomic mass is 9.63. The fraction of sp³-hybridized carbons (Fsp3) is 0.609. The minimum Gasteiger partial charge on any atom is -0.392 e. The molecule has 1 saturated carbocycles. The molecule has 28 heavy (non-hydrogen) atoms. The van der Waals surface area contributed by atoms with E-state index < -0.39 is 0 Å². The Labute approximate surface area is 172 Å². The molecule has 152 valence electrons. The van der Waals surface area contributed by atoms with Crippen molar-refractivity contribution in [1.29, 1.82) is 0 Å². The first-order valence-electron chi connectivity index (χ1n) is 10.7. The van der Waals surface area contributed by atoms with Crippen LogP contribution in [-0.4, -0.2) is 35.0 Å². The Morgan fingerprint density at radius 2 is 1.93 bits per heavy atom. The number of carbonyl (C=O) groups excluding carboxylic acids is 1. The summed E-state index contributed by atoms with van der Waals surface area (Å²) < 4.78 is 0. The SMILES string of the molecule is CCC(CC)(CN)c1ccc(C2C(O)CCC3NC(=O)C4SC=CC4C32)cc1. The summed E-state index contributed by atoms with van der Waals surface area (Å²) in [5.74, 6) is 0.670. The standard InChI is InChI=1S/C23H32N2O2S/c1-3-23(4-2,13-24)15-7-5-14(6-8-15)19-18(26)10-9-17-20(19)16-11-12-28-21(16)22(27)25-17/h5-8,11-12,16-21,26H,3-4,9-10,13,24H2,1-2H3,(H,25,27). The van der Waals surface area contributed by atoms with Gasteiger partial charge >= 0.3 is 0 Å². The summed E-state index contributed by atoms with van der Waals surface area (Å²) in [6.45, 7) is 5.05. The first kappa shape index (κ1) is 20.0. The number of fused-ring (bicyclic) bond motifs is 3. The molecule has 4 N–H and O–H groups in total. The van der Waals surface area contributed by atoms with Gasteiger partial charge in [-0.1, -0.05) is 44.2 Å². The minimum atomic E-state index is -0.363. The van der Waals surface area contributed by atoms with Crippen LogP contribution < -0.4 is 11.1 Å². The molecule has 3 aliphatic rings. The van der Waals surface area contributed by atoms with E-state index in [2.05, 4.69) is 54.9 Å². The van der Waals surface area contributed by atoms with E-state index in [1.807, 2.05) is 0 Å². The number of carbonyl (C=O) groups is 1. The third-order valence-corrected chi connectivity index (χ3v) is 8.76. The lowest BCUT2D eigenvalue weighted by Crippen LogP contribution is -2.59. The summed E-state index contributed by atoms with van der Waals surface area (Å²) in [7, 11) is 0. The molecule has 2 heterocycles. The smallest absolute Gasteiger partial charge is 0.234 e. The number of hydrogen-bond acceptors (Lipinski definition) is 4. The Morgan fingerprint density at radius 3 is 2.57 bits per heavy atom. The summed E-state index contributed by atoms with van der Waals surface area (Å²) in [5.41, 5.74) is 8.63. The molecular formula is C23H32N2O2S. The van der Waals surface area contributed by atoms with E-state index in [1.54, 1.807) is 11.8 Å². The molecule has 1 aromatic carbocycles. The first-order chi connectivity index (χ1) is 13.5. The van der Waals surface area contributed by atoms with Gasteiger partial charge in [-0.05, 0) is 48.1 Å². The van der Waals surface area contributed by atoms with Crippen LogP contribution in [0.15, 0.2) is 35.7 Å². The average molecular weight is 401 g/mol. The monoisotopic (exact) mass is 400 g/mol. The number of thioether (sulfide) groups is 1. The van der Waals surface area contributed by atoms with Gasteiger partial charge in [0.1, 0.15) is 0 Å². The Kier molecular flexibility index (Phi) is 5.60. The second kappa shape index (κ2) is 7.85. The van der Waals surface area contributed by atoms with Crippen LogP contribution in [0.1, 0.15) is 56.6 Å². The van der Waals surface area contributed by atoms with Gasteiger partial charge in [0.25, 0.3) is 0 Å². The summed E-state index contributed by atoms with van der Waals surface area (Å²) in [5, 5.41) is 16.2. The molecule has 0 spiro atoms. The number of benzene rings is 1. The van der Waals surface area contributed by atoms with Crippen molar-refractivity contribution in [3.63, 3.8) is 0 Å². The average Bonchev–Trinajstić information content (AvgIpc) is 3.22. The first-order valence-corrected chi connectivity index (χ1v) is 11.6. The van der Waals surface area contributed by atoms with E-state index in [1.165, 1.54) is 11.1 Å². The van der Waals surface area contributed by atoms with Crippen LogP contribution in [0.5, 0.6) is 0 Å². The van der Waals surface area contributed by atoms with Gasteiger partial charge in [-0.3, -0.25) is 4.79 Å². The van der Waals surface area contributed by atoms with E-state index in [4.69, 9.17) is 5.73 Å². The quantitative estimate of drug-likeness (QED) is 0.709. The van der Waals surface area contributed by atoms with Crippen LogP contribution in [0.4, 0.5) is 0 Å². The molecule has 1 aliphatic carbocycles. The molecule has 1 aromatic rings. The number of amides is 1. The lowest BCUT2D eigenvalue weighted by Gasteiger charge is -2.48. The van der Waals surface area contributed by atoms with E-state index in [0.717, 1.165) is 25.7 Å². The highest BCUT2D eigenvalue weighted by molar-refractivity contribution is 8.03. The molecular weight excluding hydrogens is 368 g/mol. The molecule has 1 saturated heterocycles. The predicted octanol–water partition coefficient (Wildman–Crippen LogP) is 3.30. The molecule has 4 nitrogen and oxygen atoms in total. The van der Waals surface area contributed by atoms with Gasteiger partial charge in [-0.15, -0.1) is 11.8 Å². The lowest BCUT2D eigenvalue weighted by molar-refractivity contribution is -0.126. The zero-order valence-electron chi connectivity index (χ0n) is 16.8. The largest absolute Gasteiger partial charge is 0.392 e. The maximum absolute atomic E-state index is 12.5. The summed E-state index contributed by atoms with van der Waals surface area (Å²) in [6.07, 6.45) is 5.47. The van der Waals surface area contributed by atoms with Crippen LogP contribution >= 0.6 is 11.8 Å². The highest BCUT2D eigenvalue weighted by atomic mass is 32.2.